The first-order chi connectivity index (χ1) is 7.69. The fourth-order valence-corrected chi connectivity index (χ4v) is 1.36. The Morgan fingerprint density at radius 3 is 2.31 bits per heavy atom. The van der Waals surface area contributed by atoms with Gasteiger partial charge in [-0.15, -0.1) is 0 Å². The lowest BCUT2D eigenvalue weighted by atomic mass is 10.1. The molecule has 0 radical (unpaired) electrons. The molecule has 0 saturated carbocycles. The predicted molar refractivity (Wildman–Crippen MR) is 69.2 cm³/mol. The van der Waals surface area contributed by atoms with E-state index in [4.69, 9.17) is 4.74 Å². The van der Waals surface area contributed by atoms with Crippen molar-refractivity contribution in [3.63, 3.8) is 0 Å². The summed E-state index contributed by atoms with van der Waals surface area (Å²) in [5, 5.41) is 9.77. The fraction of sp³-hybridized carbons (Fsp3) is 0.571. The van der Waals surface area contributed by atoms with Gasteiger partial charge in [-0.3, -0.25) is 0 Å². The highest BCUT2D eigenvalue weighted by atomic mass is 16.5. The molecule has 2 heteroatoms. The summed E-state index contributed by atoms with van der Waals surface area (Å²) < 4.78 is 5.77. The van der Waals surface area contributed by atoms with E-state index in [1.54, 1.807) is 0 Å². The van der Waals surface area contributed by atoms with Crippen molar-refractivity contribution in [2.75, 3.05) is 0 Å². The van der Waals surface area contributed by atoms with Gasteiger partial charge in [-0.25, -0.2) is 0 Å². The van der Waals surface area contributed by atoms with Gasteiger partial charge in [0.05, 0.1) is 6.10 Å². The topological polar surface area (TPSA) is 29.5 Å². The van der Waals surface area contributed by atoms with Crippen LogP contribution in [0.5, 0.6) is 0 Å². The Hall–Kier alpha value is -1.02. The summed E-state index contributed by atoms with van der Waals surface area (Å²) in [6.45, 7) is 7.89. The molecule has 0 aliphatic carbocycles. The minimum absolute atomic E-state index is 0.127. The number of allylic oxidation sites excluding steroid dienone is 5. The van der Waals surface area contributed by atoms with Gasteiger partial charge in [0.15, 0.2) is 0 Å². The largest absolute Gasteiger partial charge is 0.488 e. The number of rotatable bonds is 7. The van der Waals surface area contributed by atoms with Crippen molar-refractivity contribution in [3.8, 4) is 0 Å². The molecular formula is C14H24O2. The Morgan fingerprint density at radius 2 is 1.88 bits per heavy atom. The minimum atomic E-state index is -0.399. The SMILES string of the molecule is C\C=C/C=C(\C=C/C)OC(CC)C(O)CC. The molecule has 0 aromatic heterocycles. The smallest absolute Gasteiger partial charge is 0.124 e. The Kier molecular flexibility index (Phi) is 8.64. The van der Waals surface area contributed by atoms with Crippen LogP contribution < -0.4 is 0 Å². The molecule has 0 bridgehead atoms. The first kappa shape index (κ1) is 15.0. The minimum Gasteiger partial charge on any atom is -0.488 e. The van der Waals surface area contributed by atoms with E-state index >= 15 is 0 Å². The average molecular weight is 224 g/mol. The quantitative estimate of drug-likeness (QED) is 0.529. The first-order valence-corrected chi connectivity index (χ1v) is 5.99. The third-order valence-electron chi connectivity index (χ3n) is 2.32. The zero-order valence-corrected chi connectivity index (χ0v) is 10.8. The van der Waals surface area contributed by atoms with E-state index < -0.39 is 6.10 Å². The molecule has 0 amide bonds. The maximum Gasteiger partial charge on any atom is 0.124 e. The van der Waals surface area contributed by atoms with Crippen LogP contribution in [-0.2, 0) is 4.74 Å². The monoisotopic (exact) mass is 224 g/mol. The second kappa shape index (κ2) is 9.22. The number of ether oxygens (including phenoxy) is 1. The Balaban J connectivity index is 4.58. The normalized spacial score (nSPS) is 16.9. The lowest BCUT2D eigenvalue weighted by Gasteiger charge is -2.22. The van der Waals surface area contributed by atoms with Gasteiger partial charge in [0.25, 0.3) is 0 Å². The Morgan fingerprint density at radius 1 is 1.19 bits per heavy atom. The maximum atomic E-state index is 9.77. The van der Waals surface area contributed by atoms with E-state index in [-0.39, 0.29) is 6.10 Å². The van der Waals surface area contributed by atoms with Gasteiger partial charge in [-0.1, -0.05) is 32.1 Å². The van der Waals surface area contributed by atoms with Crippen molar-refractivity contribution in [3.05, 3.63) is 36.1 Å². The molecule has 0 saturated heterocycles. The van der Waals surface area contributed by atoms with Gasteiger partial charge in [-0.05, 0) is 38.8 Å². The summed E-state index contributed by atoms with van der Waals surface area (Å²) in [5.41, 5.74) is 0. The van der Waals surface area contributed by atoms with Gasteiger partial charge >= 0.3 is 0 Å². The van der Waals surface area contributed by atoms with Gasteiger partial charge < -0.3 is 9.84 Å². The molecule has 2 unspecified atom stereocenters. The van der Waals surface area contributed by atoms with Crippen LogP contribution >= 0.6 is 0 Å². The number of aliphatic hydroxyl groups is 1. The van der Waals surface area contributed by atoms with Crippen LogP contribution in [0.25, 0.3) is 0 Å². The van der Waals surface area contributed by atoms with E-state index in [9.17, 15) is 5.11 Å². The second-order valence-electron chi connectivity index (χ2n) is 3.63. The number of hydrogen-bond acceptors (Lipinski definition) is 2. The van der Waals surface area contributed by atoms with Crippen molar-refractivity contribution in [2.24, 2.45) is 0 Å². The Labute approximate surface area is 99.3 Å². The van der Waals surface area contributed by atoms with Crippen LogP contribution in [0, 0.1) is 0 Å². The van der Waals surface area contributed by atoms with Gasteiger partial charge in [0.1, 0.15) is 11.9 Å². The molecule has 2 atom stereocenters. The van der Waals surface area contributed by atoms with Crippen LogP contribution in [0.3, 0.4) is 0 Å². The first-order valence-electron chi connectivity index (χ1n) is 5.99. The van der Waals surface area contributed by atoms with Gasteiger partial charge in [0, 0.05) is 0 Å². The van der Waals surface area contributed by atoms with Gasteiger partial charge in [-0.2, -0.15) is 0 Å². The highest BCUT2D eigenvalue weighted by Crippen LogP contribution is 2.13. The molecule has 0 rings (SSSR count). The van der Waals surface area contributed by atoms with Crippen LogP contribution in [0.1, 0.15) is 40.5 Å². The predicted octanol–water partition coefficient (Wildman–Crippen LogP) is 3.59. The zero-order valence-electron chi connectivity index (χ0n) is 10.8. The summed E-state index contributed by atoms with van der Waals surface area (Å²) in [6, 6.07) is 0. The maximum absolute atomic E-state index is 9.77. The highest BCUT2D eigenvalue weighted by Gasteiger charge is 2.17. The zero-order chi connectivity index (χ0) is 12.4. The molecule has 1 N–H and O–H groups in total. The highest BCUT2D eigenvalue weighted by molar-refractivity contribution is 5.18. The van der Waals surface area contributed by atoms with Crippen molar-refractivity contribution >= 4 is 0 Å². The average Bonchev–Trinajstić information content (AvgIpc) is 2.31. The van der Waals surface area contributed by atoms with E-state index in [2.05, 4.69) is 0 Å². The fourth-order valence-electron chi connectivity index (χ4n) is 1.36. The molecule has 92 valence electrons. The molecule has 0 fully saturated rings. The lowest BCUT2D eigenvalue weighted by molar-refractivity contribution is -0.00331. The third-order valence-corrected chi connectivity index (χ3v) is 2.32. The Bertz CT molecular complexity index is 251. The summed E-state index contributed by atoms with van der Waals surface area (Å²) in [4.78, 5) is 0. The van der Waals surface area contributed by atoms with E-state index in [0.29, 0.717) is 6.42 Å². The molecule has 2 nitrogen and oxygen atoms in total. The molecule has 0 aromatic rings. The summed E-state index contributed by atoms with van der Waals surface area (Å²) >= 11 is 0. The van der Waals surface area contributed by atoms with Crippen molar-refractivity contribution in [2.45, 2.75) is 52.7 Å². The summed E-state index contributed by atoms with van der Waals surface area (Å²) in [6.07, 6.45) is 10.6. The molecule has 0 aromatic carbocycles. The van der Waals surface area contributed by atoms with Crippen LogP contribution in [0.2, 0.25) is 0 Å². The third kappa shape index (κ3) is 5.76. The standard InChI is InChI=1S/C14H24O2/c1-5-9-11-12(10-6-2)16-14(8-4)13(15)7-3/h5-6,9-11,13-15H,7-8H2,1-4H3/b9-5-,10-6-,12-11+. The number of aliphatic hydroxyl groups excluding tert-OH is 1. The van der Waals surface area contributed by atoms with Crippen molar-refractivity contribution < 1.29 is 9.84 Å². The molecule has 16 heavy (non-hydrogen) atoms. The van der Waals surface area contributed by atoms with Crippen molar-refractivity contribution in [1.82, 2.24) is 0 Å². The summed E-state index contributed by atoms with van der Waals surface area (Å²) in [5.74, 6) is 0.792. The molecule has 0 spiro atoms. The van der Waals surface area contributed by atoms with Crippen LogP contribution in [0.15, 0.2) is 36.1 Å². The van der Waals surface area contributed by atoms with E-state index in [1.165, 1.54) is 0 Å². The lowest BCUT2D eigenvalue weighted by Crippen LogP contribution is -2.27. The second-order valence-corrected chi connectivity index (χ2v) is 3.63. The van der Waals surface area contributed by atoms with Crippen molar-refractivity contribution in [1.29, 1.82) is 0 Å². The molecule has 0 aliphatic rings. The summed E-state index contributed by atoms with van der Waals surface area (Å²) in [7, 11) is 0. The van der Waals surface area contributed by atoms with Gasteiger partial charge in [0.2, 0.25) is 0 Å². The number of hydrogen-bond donors (Lipinski definition) is 1. The van der Waals surface area contributed by atoms with Crippen LogP contribution in [0.4, 0.5) is 0 Å². The van der Waals surface area contributed by atoms with E-state index in [1.807, 2.05) is 58.1 Å². The van der Waals surface area contributed by atoms with E-state index in [0.717, 1.165) is 12.2 Å². The van der Waals surface area contributed by atoms with Crippen LogP contribution in [-0.4, -0.2) is 17.3 Å². The molecular weight excluding hydrogens is 200 g/mol. The molecule has 0 aliphatic heterocycles. The molecule has 0 heterocycles.